The third kappa shape index (κ3) is 4.49. The summed E-state index contributed by atoms with van der Waals surface area (Å²) < 4.78 is 16.3. The van der Waals surface area contributed by atoms with Crippen molar-refractivity contribution in [1.29, 1.82) is 0 Å². The Labute approximate surface area is 161 Å². The molecule has 3 rings (SSSR count). The smallest absolute Gasteiger partial charge is 0.321 e. The van der Waals surface area contributed by atoms with E-state index in [-0.39, 0.29) is 11.7 Å². The van der Waals surface area contributed by atoms with Crippen molar-refractivity contribution < 1.29 is 18.7 Å². The summed E-state index contributed by atoms with van der Waals surface area (Å²) in [6.45, 7) is 5.85. The van der Waals surface area contributed by atoms with E-state index in [0.717, 1.165) is 39.8 Å². The fourth-order valence-electron chi connectivity index (χ4n) is 2.46. The van der Waals surface area contributed by atoms with Crippen LogP contribution in [0, 0.1) is 20.8 Å². The highest BCUT2D eigenvalue weighted by Gasteiger charge is 2.15. The maximum Gasteiger partial charge on any atom is 0.321 e. The highest BCUT2D eigenvalue weighted by molar-refractivity contribution is 7.99. The van der Waals surface area contributed by atoms with Crippen LogP contribution in [0.2, 0.25) is 0 Å². The molecule has 0 saturated heterocycles. The van der Waals surface area contributed by atoms with Crippen molar-refractivity contribution in [1.82, 2.24) is 10.2 Å². The third-order valence-electron chi connectivity index (χ3n) is 4.15. The Kier molecular flexibility index (Phi) is 5.81. The molecule has 0 spiro atoms. The van der Waals surface area contributed by atoms with Crippen molar-refractivity contribution in [3.63, 3.8) is 0 Å². The van der Waals surface area contributed by atoms with Crippen LogP contribution in [-0.4, -0.2) is 29.0 Å². The van der Waals surface area contributed by atoms with Gasteiger partial charge < -0.3 is 13.9 Å². The van der Waals surface area contributed by atoms with Gasteiger partial charge >= 0.3 is 5.97 Å². The van der Waals surface area contributed by atoms with E-state index in [0.29, 0.717) is 16.9 Å². The summed E-state index contributed by atoms with van der Waals surface area (Å²) in [6, 6.07) is 11.2. The van der Waals surface area contributed by atoms with Gasteiger partial charge in [-0.25, -0.2) is 0 Å². The molecule has 6 nitrogen and oxygen atoms in total. The molecule has 27 heavy (non-hydrogen) atoms. The number of benzene rings is 2. The summed E-state index contributed by atoms with van der Waals surface area (Å²) in [5.74, 6) is 1.47. The van der Waals surface area contributed by atoms with Gasteiger partial charge in [0, 0.05) is 5.56 Å². The predicted octanol–water partition coefficient (Wildman–Crippen LogP) is 4.37. The van der Waals surface area contributed by atoms with Crippen LogP contribution < -0.4 is 9.47 Å². The third-order valence-corrected chi connectivity index (χ3v) is 4.94. The van der Waals surface area contributed by atoms with E-state index in [4.69, 9.17) is 13.9 Å². The summed E-state index contributed by atoms with van der Waals surface area (Å²) in [5, 5.41) is 8.30. The highest BCUT2D eigenvalue weighted by Crippen LogP contribution is 2.28. The van der Waals surface area contributed by atoms with E-state index < -0.39 is 0 Å². The van der Waals surface area contributed by atoms with Crippen molar-refractivity contribution in [2.24, 2.45) is 0 Å². The van der Waals surface area contributed by atoms with E-state index in [1.807, 2.05) is 57.2 Å². The molecule has 1 aromatic heterocycles. The summed E-state index contributed by atoms with van der Waals surface area (Å²) >= 11 is 1.15. The van der Waals surface area contributed by atoms with E-state index in [1.165, 1.54) is 0 Å². The van der Waals surface area contributed by atoms with Crippen LogP contribution >= 0.6 is 11.8 Å². The summed E-state index contributed by atoms with van der Waals surface area (Å²) in [6.07, 6.45) is 0. The number of carbonyl (C=O) groups is 1. The second-order valence-corrected chi connectivity index (χ2v) is 6.94. The standard InChI is InChI=1S/C20H20N2O4S/c1-12-5-6-13(2)18(14(12)3)25-17(23)11-27-20-22-21-19(26-20)15-7-9-16(24-4)10-8-15/h5-10H,11H2,1-4H3. The lowest BCUT2D eigenvalue weighted by Gasteiger charge is -2.11. The molecule has 7 heteroatoms. The van der Waals surface area contributed by atoms with Gasteiger partial charge in [-0.15, -0.1) is 10.2 Å². The topological polar surface area (TPSA) is 74.5 Å². The number of methoxy groups -OCH3 is 1. The largest absolute Gasteiger partial charge is 0.497 e. The number of thioether (sulfide) groups is 1. The molecule has 0 aliphatic rings. The number of hydrogen-bond acceptors (Lipinski definition) is 7. The Bertz CT molecular complexity index is 951. The minimum atomic E-state index is -0.360. The fourth-order valence-corrected chi connectivity index (χ4v) is 3.00. The first-order valence-corrected chi connectivity index (χ1v) is 9.34. The lowest BCUT2D eigenvalue weighted by molar-refractivity contribution is -0.131. The summed E-state index contributed by atoms with van der Waals surface area (Å²) in [4.78, 5) is 12.2. The van der Waals surface area contributed by atoms with Gasteiger partial charge in [-0.05, 0) is 61.7 Å². The molecular weight excluding hydrogens is 364 g/mol. The first-order valence-electron chi connectivity index (χ1n) is 8.36. The molecule has 140 valence electrons. The molecule has 0 saturated carbocycles. The number of nitrogens with zero attached hydrogens (tertiary/aromatic N) is 2. The van der Waals surface area contributed by atoms with Crippen LogP contribution in [0.15, 0.2) is 46.0 Å². The Morgan fingerprint density at radius 2 is 1.74 bits per heavy atom. The van der Waals surface area contributed by atoms with Gasteiger partial charge in [0.25, 0.3) is 5.22 Å². The van der Waals surface area contributed by atoms with Gasteiger partial charge in [0.15, 0.2) is 0 Å². The van der Waals surface area contributed by atoms with Crippen LogP contribution in [0.25, 0.3) is 11.5 Å². The lowest BCUT2D eigenvalue weighted by Crippen LogP contribution is -2.12. The predicted molar refractivity (Wildman–Crippen MR) is 103 cm³/mol. The van der Waals surface area contributed by atoms with Gasteiger partial charge in [-0.3, -0.25) is 4.79 Å². The SMILES string of the molecule is COc1ccc(-c2nnc(SCC(=O)Oc3c(C)ccc(C)c3C)o2)cc1. The summed E-state index contributed by atoms with van der Waals surface area (Å²) in [7, 11) is 1.61. The monoisotopic (exact) mass is 384 g/mol. The molecule has 1 heterocycles. The number of aryl methyl sites for hydroxylation is 2. The number of carbonyl (C=O) groups excluding carboxylic acids is 1. The van der Waals surface area contributed by atoms with Crippen LogP contribution in [0.4, 0.5) is 0 Å². The van der Waals surface area contributed by atoms with Crippen molar-refractivity contribution in [2.45, 2.75) is 26.0 Å². The molecular formula is C20H20N2O4S. The average Bonchev–Trinajstić information content (AvgIpc) is 3.16. The van der Waals surface area contributed by atoms with Crippen molar-refractivity contribution in [2.75, 3.05) is 12.9 Å². The minimum absolute atomic E-state index is 0.0804. The van der Waals surface area contributed by atoms with Crippen molar-refractivity contribution >= 4 is 17.7 Å². The lowest BCUT2D eigenvalue weighted by atomic mass is 10.1. The Morgan fingerprint density at radius 1 is 1.04 bits per heavy atom. The van der Waals surface area contributed by atoms with Gasteiger partial charge in [-0.2, -0.15) is 0 Å². The van der Waals surface area contributed by atoms with Gasteiger partial charge in [0.1, 0.15) is 17.3 Å². The molecule has 0 fully saturated rings. The second kappa shape index (κ2) is 8.26. The molecule has 0 bridgehead atoms. The first-order chi connectivity index (χ1) is 13.0. The molecule has 0 atom stereocenters. The van der Waals surface area contributed by atoms with E-state index in [9.17, 15) is 4.79 Å². The Balaban J connectivity index is 1.61. The maximum absolute atomic E-state index is 12.2. The second-order valence-electron chi connectivity index (χ2n) is 6.02. The van der Waals surface area contributed by atoms with Gasteiger partial charge in [0.05, 0.1) is 7.11 Å². The van der Waals surface area contributed by atoms with E-state index in [2.05, 4.69) is 10.2 Å². The molecule has 0 N–H and O–H groups in total. The van der Waals surface area contributed by atoms with Crippen LogP contribution in [0.5, 0.6) is 11.5 Å². The number of hydrogen-bond donors (Lipinski definition) is 0. The normalized spacial score (nSPS) is 10.7. The number of ether oxygens (including phenoxy) is 2. The first kappa shape index (κ1) is 19.0. The average molecular weight is 384 g/mol. The zero-order valence-electron chi connectivity index (χ0n) is 15.6. The Hall–Kier alpha value is -2.80. The quantitative estimate of drug-likeness (QED) is 0.355. The molecule has 0 aliphatic carbocycles. The fraction of sp³-hybridized carbons (Fsp3) is 0.250. The molecule has 0 aliphatic heterocycles. The molecule has 2 aromatic carbocycles. The minimum Gasteiger partial charge on any atom is -0.497 e. The number of esters is 1. The highest BCUT2D eigenvalue weighted by atomic mass is 32.2. The zero-order chi connectivity index (χ0) is 19.4. The van der Waals surface area contributed by atoms with Gasteiger partial charge in [-0.1, -0.05) is 23.9 Å². The van der Waals surface area contributed by atoms with Crippen molar-refractivity contribution in [3.05, 3.63) is 53.1 Å². The van der Waals surface area contributed by atoms with Crippen LogP contribution in [0.1, 0.15) is 16.7 Å². The van der Waals surface area contributed by atoms with Crippen molar-refractivity contribution in [3.8, 4) is 23.0 Å². The molecule has 0 amide bonds. The number of aromatic nitrogens is 2. The molecule has 0 radical (unpaired) electrons. The molecule has 0 unspecified atom stereocenters. The summed E-state index contributed by atoms with van der Waals surface area (Å²) in [5.41, 5.74) is 3.75. The number of rotatable bonds is 6. The Morgan fingerprint density at radius 3 is 2.44 bits per heavy atom. The van der Waals surface area contributed by atoms with Crippen LogP contribution in [0.3, 0.4) is 0 Å². The zero-order valence-corrected chi connectivity index (χ0v) is 16.4. The maximum atomic E-state index is 12.2. The van der Waals surface area contributed by atoms with Crippen LogP contribution in [-0.2, 0) is 4.79 Å². The van der Waals surface area contributed by atoms with E-state index >= 15 is 0 Å². The van der Waals surface area contributed by atoms with E-state index in [1.54, 1.807) is 7.11 Å². The van der Waals surface area contributed by atoms with Gasteiger partial charge in [0.2, 0.25) is 5.89 Å². The molecule has 3 aromatic rings.